The van der Waals surface area contributed by atoms with E-state index in [2.05, 4.69) is 10.3 Å². The number of carbonyl (C=O) groups is 1. The number of carbonyl (C=O) groups excluding carboxylic acids is 1. The fourth-order valence-corrected chi connectivity index (χ4v) is 4.50. The first-order chi connectivity index (χ1) is 14.3. The van der Waals surface area contributed by atoms with Gasteiger partial charge in [-0.15, -0.1) is 0 Å². The number of phenolic OH excluding ortho intramolecular Hbond substituents is 1. The number of amides is 1. The Balaban J connectivity index is 1.75. The highest BCUT2D eigenvalue weighted by Crippen LogP contribution is 2.50. The van der Waals surface area contributed by atoms with Crippen LogP contribution in [0.5, 0.6) is 5.75 Å². The third-order valence-electron chi connectivity index (χ3n) is 5.83. The number of rotatable bonds is 2. The summed E-state index contributed by atoms with van der Waals surface area (Å²) in [5.41, 5.74) is -1.85. The molecule has 0 fully saturated rings. The van der Waals surface area contributed by atoms with Crippen molar-refractivity contribution in [2.24, 2.45) is 0 Å². The molecule has 2 N–H and O–H groups in total. The Bertz CT molecular complexity index is 1140. The van der Waals surface area contributed by atoms with E-state index in [4.69, 9.17) is 0 Å². The molecule has 1 atom stereocenters. The first-order valence-corrected chi connectivity index (χ1v) is 9.38. The van der Waals surface area contributed by atoms with E-state index in [1.54, 1.807) is 24.4 Å². The second kappa shape index (κ2) is 6.33. The van der Waals surface area contributed by atoms with Crippen LogP contribution < -0.4 is 5.32 Å². The van der Waals surface area contributed by atoms with Crippen molar-refractivity contribution in [1.82, 2.24) is 14.5 Å². The standard InChI is InChI=1S/C21H17F3N4O2/c22-21(23,24)16-3-1-2-15-18(16)26-19(30)20(15,13-4-6-14(29)7-5-13)28-11-10-27-9-8-25-17(27)12-28/h1-9,29H,10-12H2,(H,26,30). The van der Waals surface area contributed by atoms with Crippen LogP contribution in [0.25, 0.3) is 0 Å². The molecule has 5 rings (SSSR count). The molecule has 0 saturated heterocycles. The zero-order chi connectivity index (χ0) is 21.1. The molecule has 3 aromatic rings. The van der Waals surface area contributed by atoms with Crippen molar-refractivity contribution in [3.05, 3.63) is 77.4 Å². The number of fused-ring (bicyclic) bond motifs is 2. The summed E-state index contributed by atoms with van der Waals surface area (Å²) in [7, 11) is 0. The quantitative estimate of drug-likeness (QED) is 0.675. The van der Waals surface area contributed by atoms with Crippen molar-refractivity contribution < 1.29 is 23.1 Å². The highest BCUT2D eigenvalue weighted by atomic mass is 19.4. The van der Waals surface area contributed by atoms with Crippen LogP contribution in [0.4, 0.5) is 18.9 Å². The van der Waals surface area contributed by atoms with E-state index in [-0.39, 0.29) is 23.5 Å². The predicted octanol–water partition coefficient (Wildman–Crippen LogP) is 3.32. The average molecular weight is 414 g/mol. The van der Waals surface area contributed by atoms with Gasteiger partial charge in [-0.25, -0.2) is 4.98 Å². The number of imidazole rings is 1. The zero-order valence-corrected chi connectivity index (χ0v) is 15.6. The van der Waals surface area contributed by atoms with E-state index in [0.29, 0.717) is 18.7 Å². The number of phenols is 1. The third-order valence-corrected chi connectivity index (χ3v) is 5.83. The molecule has 0 spiro atoms. The van der Waals surface area contributed by atoms with Crippen LogP contribution in [0.2, 0.25) is 0 Å². The molecule has 154 valence electrons. The summed E-state index contributed by atoms with van der Waals surface area (Å²) in [6.45, 7) is 1.28. The summed E-state index contributed by atoms with van der Waals surface area (Å²) < 4.78 is 43.0. The maximum absolute atomic E-state index is 13.7. The van der Waals surface area contributed by atoms with Crippen LogP contribution in [-0.2, 0) is 29.6 Å². The van der Waals surface area contributed by atoms with Gasteiger partial charge in [-0.2, -0.15) is 13.2 Å². The molecule has 6 nitrogen and oxygen atoms in total. The van der Waals surface area contributed by atoms with Crippen molar-refractivity contribution in [2.45, 2.75) is 24.8 Å². The number of hydrogen-bond acceptors (Lipinski definition) is 4. The van der Waals surface area contributed by atoms with Crippen molar-refractivity contribution >= 4 is 11.6 Å². The number of hydrogen-bond donors (Lipinski definition) is 2. The van der Waals surface area contributed by atoms with E-state index >= 15 is 0 Å². The van der Waals surface area contributed by atoms with Gasteiger partial charge < -0.3 is 15.0 Å². The van der Waals surface area contributed by atoms with Crippen molar-refractivity contribution in [3.63, 3.8) is 0 Å². The predicted molar refractivity (Wildman–Crippen MR) is 102 cm³/mol. The Labute approximate surface area is 169 Å². The molecule has 2 aliphatic heterocycles. The second-order valence-corrected chi connectivity index (χ2v) is 7.40. The van der Waals surface area contributed by atoms with Crippen molar-refractivity contribution in [1.29, 1.82) is 0 Å². The Hall–Kier alpha value is -3.33. The molecule has 1 unspecified atom stereocenters. The van der Waals surface area contributed by atoms with E-state index in [9.17, 15) is 23.1 Å². The van der Waals surface area contributed by atoms with Gasteiger partial charge in [0.05, 0.1) is 17.8 Å². The Morgan fingerprint density at radius 1 is 1.10 bits per heavy atom. The summed E-state index contributed by atoms with van der Waals surface area (Å²) in [5, 5.41) is 12.2. The molecule has 0 aliphatic carbocycles. The number of nitrogens with zero attached hydrogens (tertiary/aromatic N) is 3. The third kappa shape index (κ3) is 2.55. The second-order valence-electron chi connectivity index (χ2n) is 7.40. The van der Waals surface area contributed by atoms with Gasteiger partial charge in [0, 0.05) is 31.0 Å². The first kappa shape index (κ1) is 18.7. The molecule has 2 aromatic carbocycles. The van der Waals surface area contributed by atoms with Crippen LogP contribution >= 0.6 is 0 Å². The zero-order valence-electron chi connectivity index (χ0n) is 15.6. The van der Waals surface area contributed by atoms with Gasteiger partial charge >= 0.3 is 6.18 Å². The van der Waals surface area contributed by atoms with E-state index in [1.165, 1.54) is 18.2 Å². The van der Waals surface area contributed by atoms with Crippen LogP contribution in [0.1, 0.15) is 22.5 Å². The number of anilines is 1. The normalized spacial score (nSPS) is 21.2. The van der Waals surface area contributed by atoms with E-state index in [0.717, 1.165) is 11.9 Å². The Kier molecular flexibility index (Phi) is 3.94. The van der Waals surface area contributed by atoms with Gasteiger partial charge in [-0.1, -0.05) is 24.3 Å². The minimum Gasteiger partial charge on any atom is -0.508 e. The van der Waals surface area contributed by atoms with Crippen molar-refractivity contribution in [3.8, 4) is 5.75 Å². The molecule has 0 radical (unpaired) electrons. The lowest BCUT2D eigenvalue weighted by molar-refractivity contribution is -0.136. The van der Waals surface area contributed by atoms with Gasteiger partial charge in [0.15, 0.2) is 5.54 Å². The number of para-hydroxylation sites is 1. The highest BCUT2D eigenvalue weighted by Gasteiger charge is 2.55. The number of halogens is 3. The molecule has 1 amide bonds. The average Bonchev–Trinajstić information content (AvgIpc) is 3.29. The summed E-state index contributed by atoms with van der Waals surface area (Å²) in [6.07, 6.45) is -1.11. The molecular weight excluding hydrogens is 397 g/mol. The smallest absolute Gasteiger partial charge is 0.418 e. The number of aromatic hydroxyl groups is 1. The van der Waals surface area contributed by atoms with Gasteiger partial charge in [0.2, 0.25) is 0 Å². The van der Waals surface area contributed by atoms with Crippen LogP contribution in [0.3, 0.4) is 0 Å². The summed E-state index contributed by atoms with van der Waals surface area (Å²) in [6, 6.07) is 9.85. The summed E-state index contributed by atoms with van der Waals surface area (Å²) in [5.74, 6) is 0.179. The van der Waals surface area contributed by atoms with Crippen LogP contribution in [-0.4, -0.2) is 32.0 Å². The molecule has 3 heterocycles. The number of alkyl halides is 3. The summed E-state index contributed by atoms with van der Waals surface area (Å²) in [4.78, 5) is 19.6. The fraction of sp³-hybridized carbons (Fsp3) is 0.238. The van der Waals surface area contributed by atoms with Gasteiger partial charge in [0.1, 0.15) is 11.6 Å². The fourth-order valence-electron chi connectivity index (χ4n) is 4.50. The lowest BCUT2D eigenvalue weighted by atomic mass is 9.81. The number of aromatic nitrogens is 2. The maximum atomic E-state index is 13.7. The number of benzene rings is 2. The minimum absolute atomic E-state index is 0.00533. The van der Waals surface area contributed by atoms with E-state index < -0.39 is 23.2 Å². The maximum Gasteiger partial charge on any atom is 0.418 e. The largest absolute Gasteiger partial charge is 0.508 e. The topological polar surface area (TPSA) is 70.4 Å². The lowest BCUT2D eigenvalue weighted by Crippen LogP contribution is -2.54. The first-order valence-electron chi connectivity index (χ1n) is 9.38. The SMILES string of the molecule is O=C1Nc2c(C(F)(F)F)cccc2C1(c1ccc(O)cc1)N1CCn2ccnc2C1. The number of nitrogens with one attached hydrogen (secondary N) is 1. The molecule has 0 bridgehead atoms. The van der Waals surface area contributed by atoms with Gasteiger partial charge in [0.25, 0.3) is 5.91 Å². The molecule has 2 aliphatic rings. The molecule has 0 saturated carbocycles. The molecule has 1 aromatic heterocycles. The molecular formula is C21H17F3N4O2. The lowest BCUT2D eigenvalue weighted by Gasteiger charge is -2.42. The molecule has 9 heteroatoms. The van der Waals surface area contributed by atoms with Crippen LogP contribution in [0, 0.1) is 0 Å². The van der Waals surface area contributed by atoms with Gasteiger partial charge in [-0.3, -0.25) is 9.69 Å². The van der Waals surface area contributed by atoms with E-state index in [1.807, 2.05) is 15.7 Å². The van der Waals surface area contributed by atoms with Crippen LogP contribution in [0.15, 0.2) is 54.9 Å². The Morgan fingerprint density at radius 3 is 2.60 bits per heavy atom. The summed E-state index contributed by atoms with van der Waals surface area (Å²) >= 11 is 0. The molecule has 30 heavy (non-hydrogen) atoms. The van der Waals surface area contributed by atoms with Crippen molar-refractivity contribution in [2.75, 3.05) is 11.9 Å². The van der Waals surface area contributed by atoms with Gasteiger partial charge in [-0.05, 0) is 23.8 Å². The Morgan fingerprint density at radius 2 is 1.87 bits per heavy atom. The minimum atomic E-state index is -4.61. The highest BCUT2D eigenvalue weighted by molar-refractivity contribution is 6.09. The monoisotopic (exact) mass is 414 g/mol.